The number of rotatable bonds is 5. The molecule has 0 aliphatic heterocycles. The van der Waals surface area contributed by atoms with Crippen LogP contribution in [0.3, 0.4) is 0 Å². The molecule has 0 aliphatic rings. The van der Waals surface area contributed by atoms with Gasteiger partial charge in [0.25, 0.3) is 0 Å². The van der Waals surface area contributed by atoms with Crippen molar-refractivity contribution in [3.63, 3.8) is 0 Å². The molecular weight excluding hydrogens is 536 g/mol. The lowest BCUT2D eigenvalue weighted by Gasteiger charge is -2.15. The Labute approximate surface area is 255 Å². The van der Waals surface area contributed by atoms with Gasteiger partial charge in [0.05, 0.1) is 33.8 Å². The Morgan fingerprint density at radius 1 is 0.455 bits per heavy atom. The lowest BCUT2D eigenvalue weighted by molar-refractivity contribution is 1.26. The topological polar surface area (TPSA) is 51.6 Å². The third-order valence-corrected chi connectivity index (χ3v) is 7.68. The first kappa shape index (κ1) is 25.7. The summed E-state index contributed by atoms with van der Waals surface area (Å²) < 4.78 is 0. The normalized spacial score (nSPS) is 11.2. The summed E-state index contributed by atoms with van der Waals surface area (Å²) >= 11 is 0. The minimum Gasteiger partial charge on any atom is -0.254 e. The number of hydrogen-bond donors (Lipinski definition) is 0. The van der Waals surface area contributed by atoms with Crippen LogP contribution in [-0.2, 0) is 0 Å². The smallest absolute Gasteiger partial charge is 0.0987 e. The average Bonchev–Trinajstić information content (AvgIpc) is 3.11. The zero-order chi connectivity index (χ0) is 29.3. The maximum absolute atomic E-state index is 5.16. The molecule has 4 aromatic heterocycles. The minimum atomic E-state index is 0.751. The molecule has 0 bridgehead atoms. The lowest BCUT2D eigenvalue weighted by atomic mass is 9.95. The highest BCUT2D eigenvalue weighted by molar-refractivity contribution is 6.05. The van der Waals surface area contributed by atoms with E-state index in [0.717, 1.165) is 78.0 Å². The highest BCUT2D eigenvalue weighted by Crippen LogP contribution is 2.39. The third kappa shape index (κ3) is 4.59. The zero-order valence-electron chi connectivity index (χ0n) is 23.5. The monoisotopic (exact) mass is 558 g/mol. The average molecular weight is 559 g/mol. The molecule has 0 spiro atoms. The van der Waals surface area contributed by atoms with E-state index in [-0.39, 0.29) is 0 Å². The van der Waals surface area contributed by atoms with Crippen molar-refractivity contribution >= 4 is 21.8 Å². The molecule has 8 rings (SSSR count). The van der Waals surface area contributed by atoms with Crippen LogP contribution in [0.1, 0.15) is 0 Å². The molecule has 4 heteroatoms. The van der Waals surface area contributed by atoms with Crippen molar-refractivity contribution in [3.8, 4) is 56.2 Å². The molecule has 0 unspecified atom stereocenters. The molecule has 44 heavy (non-hydrogen) atoms. The van der Waals surface area contributed by atoms with E-state index in [1.165, 1.54) is 0 Å². The van der Waals surface area contributed by atoms with Crippen LogP contribution < -0.4 is 0 Å². The highest BCUT2D eigenvalue weighted by atomic mass is 14.8. The molecule has 0 aliphatic carbocycles. The van der Waals surface area contributed by atoms with Gasteiger partial charge in [-0.3, -0.25) is 9.97 Å². The van der Waals surface area contributed by atoms with Crippen molar-refractivity contribution in [1.82, 2.24) is 19.9 Å². The second-order valence-corrected chi connectivity index (χ2v) is 10.4. The first-order valence-electron chi connectivity index (χ1n) is 14.3. The highest BCUT2D eigenvalue weighted by Gasteiger charge is 2.19. The molecule has 202 valence electrons. The fraction of sp³-hybridized carbons (Fsp3) is 0. The van der Waals surface area contributed by atoms with Crippen molar-refractivity contribution in [2.75, 3.05) is 0 Å². The molecule has 4 nitrogen and oxygen atoms in total. The van der Waals surface area contributed by atoms with Crippen LogP contribution >= 0.6 is 0 Å². The van der Waals surface area contributed by atoms with E-state index >= 15 is 0 Å². The second kappa shape index (κ2) is 11.0. The molecule has 4 heterocycles. The molecule has 0 amide bonds. The van der Waals surface area contributed by atoms with Crippen LogP contribution in [0.15, 0.2) is 134 Å². The van der Waals surface area contributed by atoms with Gasteiger partial charge in [-0.05, 0) is 71.8 Å². The van der Waals surface area contributed by atoms with Crippen LogP contribution in [-0.4, -0.2) is 19.9 Å². The lowest BCUT2D eigenvalue weighted by Crippen LogP contribution is -1.98. The van der Waals surface area contributed by atoms with E-state index in [1.54, 1.807) is 12.4 Å². The van der Waals surface area contributed by atoms with Gasteiger partial charge in [-0.25, -0.2) is 9.97 Å². The van der Waals surface area contributed by atoms with Crippen LogP contribution in [0.4, 0.5) is 0 Å². The third-order valence-electron chi connectivity index (χ3n) is 7.68. The molecular formula is C40H22N4. The Bertz CT molecular complexity index is 2090. The minimum absolute atomic E-state index is 0.751. The van der Waals surface area contributed by atoms with Crippen molar-refractivity contribution in [1.29, 1.82) is 0 Å². The van der Waals surface area contributed by atoms with Gasteiger partial charge >= 0.3 is 0 Å². The Kier molecular flexibility index (Phi) is 6.43. The second-order valence-electron chi connectivity index (χ2n) is 10.4. The predicted molar refractivity (Wildman–Crippen MR) is 175 cm³/mol. The number of aromatic nitrogens is 4. The fourth-order valence-electron chi connectivity index (χ4n) is 5.63. The molecule has 4 radical (unpaired) electrons. The number of hydrogen-bond acceptors (Lipinski definition) is 4. The van der Waals surface area contributed by atoms with E-state index < -0.39 is 0 Å². The summed E-state index contributed by atoms with van der Waals surface area (Å²) in [6, 6.07) is 53.1. The summed E-state index contributed by atoms with van der Waals surface area (Å²) in [5, 5.41) is 1.82. The van der Waals surface area contributed by atoms with E-state index in [9.17, 15) is 0 Å². The van der Waals surface area contributed by atoms with Gasteiger partial charge in [0.1, 0.15) is 0 Å². The molecule has 0 atom stereocenters. The Hall–Kier alpha value is -6.00. The van der Waals surface area contributed by atoms with E-state index in [2.05, 4.69) is 60.7 Å². The van der Waals surface area contributed by atoms with Gasteiger partial charge in [0.15, 0.2) is 0 Å². The number of fused-ring (bicyclic) bond motifs is 2. The molecule has 0 saturated heterocycles. The zero-order valence-corrected chi connectivity index (χ0v) is 23.5. The summed E-state index contributed by atoms with van der Waals surface area (Å²) in [6.45, 7) is 0. The van der Waals surface area contributed by atoms with E-state index in [1.807, 2.05) is 84.9 Å². The van der Waals surface area contributed by atoms with Crippen molar-refractivity contribution < 1.29 is 0 Å². The van der Waals surface area contributed by atoms with Gasteiger partial charge in [-0.2, -0.15) is 0 Å². The van der Waals surface area contributed by atoms with Gasteiger partial charge in [0.2, 0.25) is 0 Å². The molecule has 0 N–H and O–H groups in total. The maximum Gasteiger partial charge on any atom is 0.0987 e. The van der Waals surface area contributed by atoms with Gasteiger partial charge in [-0.15, -0.1) is 0 Å². The van der Waals surface area contributed by atoms with Crippen LogP contribution in [0.5, 0.6) is 0 Å². The molecule has 4 aromatic carbocycles. The van der Waals surface area contributed by atoms with E-state index in [0.29, 0.717) is 0 Å². The summed E-state index contributed by atoms with van der Waals surface area (Å²) in [4.78, 5) is 20.1. The standard InChI is InChI=1S/C40H22N4/c1-5-13-27(14-6-1)31-25-33-35(43-37(31)29-17-9-3-10-18-29)21-23-41-39(33)40-34-26-32(28-15-7-2-8-16-28)38(30-19-11-4-12-20-30)44-36(34)22-24-42-40/h1-9,11,13-16,18,20-26H. The van der Waals surface area contributed by atoms with Crippen molar-refractivity contribution in [2.45, 2.75) is 0 Å². The Balaban J connectivity index is 1.40. The van der Waals surface area contributed by atoms with Crippen LogP contribution in [0.2, 0.25) is 0 Å². The number of benzene rings is 4. The van der Waals surface area contributed by atoms with Gasteiger partial charge < -0.3 is 0 Å². The molecule has 0 fully saturated rings. The number of nitrogens with zero attached hydrogens (tertiary/aromatic N) is 4. The van der Waals surface area contributed by atoms with Crippen LogP contribution in [0, 0.1) is 24.3 Å². The quantitative estimate of drug-likeness (QED) is 0.211. The molecule has 8 aromatic rings. The van der Waals surface area contributed by atoms with E-state index in [4.69, 9.17) is 19.9 Å². The largest absolute Gasteiger partial charge is 0.254 e. The Morgan fingerprint density at radius 2 is 0.909 bits per heavy atom. The first-order chi connectivity index (χ1) is 21.8. The SMILES string of the molecule is [c]1cc[c]c(-c2nc3ccnc(-c4nccc5nc(-c6[c]cc[c]c6)c(-c6ccccc6)cc45)c3cc2-c2ccccc2)c1. The molecule has 0 saturated carbocycles. The van der Waals surface area contributed by atoms with Crippen molar-refractivity contribution in [2.24, 2.45) is 0 Å². The fourth-order valence-corrected chi connectivity index (χ4v) is 5.63. The first-order valence-corrected chi connectivity index (χ1v) is 14.3. The maximum atomic E-state index is 5.16. The summed E-state index contributed by atoms with van der Waals surface area (Å²) in [5.74, 6) is 0. The van der Waals surface area contributed by atoms with Gasteiger partial charge in [-0.1, -0.05) is 84.9 Å². The summed E-state index contributed by atoms with van der Waals surface area (Å²) in [5.41, 5.74) is 10.7. The summed E-state index contributed by atoms with van der Waals surface area (Å²) in [6.07, 6.45) is 3.60. The summed E-state index contributed by atoms with van der Waals surface area (Å²) in [7, 11) is 0. The predicted octanol–water partition coefficient (Wildman–Crippen LogP) is 9.11. The Morgan fingerprint density at radius 3 is 1.32 bits per heavy atom. The number of pyridine rings is 4. The van der Waals surface area contributed by atoms with Crippen LogP contribution in [0.25, 0.3) is 78.0 Å². The van der Waals surface area contributed by atoms with Crippen molar-refractivity contribution in [3.05, 3.63) is 158 Å². The van der Waals surface area contributed by atoms with Gasteiger partial charge in [0, 0.05) is 45.4 Å².